The van der Waals surface area contributed by atoms with E-state index in [1.807, 2.05) is 75.4 Å². The van der Waals surface area contributed by atoms with Crippen LogP contribution in [0.25, 0.3) is 0 Å². The van der Waals surface area contributed by atoms with Gasteiger partial charge >= 0.3 is 0 Å². The lowest BCUT2D eigenvalue weighted by Crippen LogP contribution is -2.08. The lowest BCUT2D eigenvalue weighted by Gasteiger charge is -2.15. The fourth-order valence-electron chi connectivity index (χ4n) is 3.70. The van der Waals surface area contributed by atoms with Crippen LogP contribution in [-0.2, 0) is 0 Å². The second-order valence-corrected chi connectivity index (χ2v) is 7.84. The molecule has 1 aromatic carbocycles. The van der Waals surface area contributed by atoms with E-state index in [1.165, 1.54) is 0 Å². The van der Waals surface area contributed by atoms with E-state index in [0.717, 1.165) is 40.1 Å². The van der Waals surface area contributed by atoms with Gasteiger partial charge in [0.25, 0.3) is 0 Å². The first-order valence-electron chi connectivity index (χ1n) is 12.2. The van der Waals surface area contributed by atoms with Gasteiger partial charge in [0, 0.05) is 17.2 Å². The molecule has 180 valence electrons. The van der Waals surface area contributed by atoms with E-state index in [0.29, 0.717) is 12.3 Å². The molecule has 0 aliphatic heterocycles. The third-order valence-corrected chi connectivity index (χ3v) is 5.62. The van der Waals surface area contributed by atoms with Gasteiger partial charge in [-0.25, -0.2) is 0 Å². The van der Waals surface area contributed by atoms with Crippen molar-refractivity contribution >= 4 is 18.1 Å². The molecule has 0 aromatic heterocycles. The van der Waals surface area contributed by atoms with Crippen LogP contribution in [0.15, 0.2) is 136 Å². The summed E-state index contributed by atoms with van der Waals surface area (Å²) in [5.41, 5.74) is 6.40. The first-order chi connectivity index (χ1) is 17.1. The van der Waals surface area contributed by atoms with Crippen LogP contribution in [0.2, 0.25) is 0 Å². The van der Waals surface area contributed by atoms with Gasteiger partial charge in [-0.3, -0.25) is 9.98 Å². The van der Waals surface area contributed by atoms with Gasteiger partial charge in [-0.2, -0.15) is 0 Å². The minimum atomic E-state index is 0.197. The monoisotopic (exact) mass is 463 g/mol. The summed E-state index contributed by atoms with van der Waals surface area (Å²) in [6.07, 6.45) is 25.2. The number of nitrogens with one attached hydrogen (secondary N) is 1. The number of benzene rings is 1. The Morgan fingerprint density at radius 1 is 1.09 bits per heavy atom. The van der Waals surface area contributed by atoms with Crippen molar-refractivity contribution in [2.24, 2.45) is 15.9 Å². The lowest BCUT2D eigenvalue weighted by molar-refractivity contribution is 0.759. The molecule has 0 radical (unpaired) electrons. The van der Waals surface area contributed by atoms with Crippen LogP contribution in [0.4, 0.5) is 0 Å². The van der Waals surface area contributed by atoms with Gasteiger partial charge < -0.3 is 5.41 Å². The summed E-state index contributed by atoms with van der Waals surface area (Å²) in [6, 6.07) is 10.2. The fourth-order valence-corrected chi connectivity index (χ4v) is 3.70. The quantitative estimate of drug-likeness (QED) is 0.298. The van der Waals surface area contributed by atoms with E-state index in [4.69, 9.17) is 10.4 Å². The first-order valence-corrected chi connectivity index (χ1v) is 12.2. The number of allylic oxidation sites excluding steroid dienone is 13. The highest BCUT2D eigenvalue weighted by atomic mass is 14.8. The van der Waals surface area contributed by atoms with Crippen molar-refractivity contribution in [3.63, 3.8) is 0 Å². The summed E-state index contributed by atoms with van der Waals surface area (Å²) < 4.78 is 0. The molecule has 0 spiro atoms. The van der Waals surface area contributed by atoms with Crippen LogP contribution in [0.3, 0.4) is 0 Å². The van der Waals surface area contributed by atoms with Crippen molar-refractivity contribution < 1.29 is 0 Å². The molecule has 0 fully saturated rings. The number of aliphatic imine (C=N–C) groups is 2. The van der Waals surface area contributed by atoms with Crippen molar-refractivity contribution in [3.05, 3.63) is 131 Å². The highest BCUT2D eigenvalue weighted by Crippen LogP contribution is 2.24. The molecule has 3 rings (SSSR count). The molecule has 3 nitrogen and oxygen atoms in total. The van der Waals surface area contributed by atoms with Crippen molar-refractivity contribution in [2.45, 2.75) is 34.1 Å². The van der Waals surface area contributed by atoms with Crippen LogP contribution in [0.1, 0.15) is 39.7 Å². The van der Waals surface area contributed by atoms with E-state index in [1.54, 1.807) is 0 Å². The smallest absolute Gasteiger partial charge is 0.0669 e. The molecule has 0 saturated heterocycles. The average Bonchev–Trinajstić information content (AvgIpc) is 2.92. The topological polar surface area (TPSA) is 48.6 Å². The second kappa shape index (κ2) is 15.1. The highest BCUT2D eigenvalue weighted by molar-refractivity contribution is 6.11. The molecule has 1 N–H and O–H groups in total. The van der Waals surface area contributed by atoms with Crippen molar-refractivity contribution in [2.75, 3.05) is 6.54 Å². The second-order valence-electron chi connectivity index (χ2n) is 7.84. The van der Waals surface area contributed by atoms with Gasteiger partial charge in [0.15, 0.2) is 0 Å². The highest BCUT2D eigenvalue weighted by Gasteiger charge is 2.14. The molecule has 0 amide bonds. The fraction of sp³-hybridized carbons (Fsp3) is 0.219. The molecule has 1 unspecified atom stereocenters. The molecular formula is C32H37N3. The van der Waals surface area contributed by atoms with Crippen molar-refractivity contribution in [1.82, 2.24) is 0 Å². The zero-order valence-electron chi connectivity index (χ0n) is 21.4. The Morgan fingerprint density at radius 3 is 2.46 bits per heavy atom. The first kappa shape index (κ1) is 27.4. The van der Waals surface area contributed by atoms with Crippen LogP contribution < -0.4 is 0 Å². The Labute approximate surface area is 211 Å². The maximum atomic E-state index is 8.31. The maximum Gasteiger partial charge on any atom is 0.0669 e. The van der Waals surface area contributed by atoms with Crippen molar-refractivity contribution in [3.8, 4) is 0 Å². The number of rotatable bonds is 8. The van der Waals surface area contributed by atoms with Crippen molar-refractivity contribution in [1.29, 1.82) is 5.41 Å². The van der Waals surface area contributed by atoms with Gasteiger partial charge in [-0.05, 0) is 55.8 Å². The van der Waals surface area contributed by atoms with Crippen LogP contribution in [-0.4, -0.2) is 24.7 Å². The molecule has 2 aliphatic carbocycles. The molecule has 1 atom stereocenters. The van der Waals surface area contributed by atoms with Gasteiger partial charge in [0.1, 0.15) is 0 Å². The van der Waals surface area contributed by atoms with E-state index >= 15 is 0 Å². The number of hydrogen-bond donors (Lipinski definition) is 1. The Morgan fingerprint density at radius 2 is 1.83 bits per heavy atom. The SMILES string of the molecule is C=N/C(=C\C(=NCC(=C/C=C\C)/C(C)=C1\C=CC=CC1=N)c1ccccc1)C1C=CC=CC1.CC. The zero-order chi connectivity index (χ0) is 25.5. The number of hydrogen-bond acceptors (Lipinski definition) is 3. The largest absolute Gasteiger partial charge is 0.300 e. The van der Waals surface area contributed by atoms with E-state index < -0.39 is 0 Å². The summed E-state index contributed by atoms with van der Waals surface area (Å²) in [6.45, 7) is 12.4. The van der Waals surface area contributed by atoms with Crippen LogP contribution >= 0.6 is 0 Å². The molecule has 3 heteroatoms. The lowest BCUT2D eigenvalue weighted by atomic mass is 9.94. The summed E-state index contributed by atoms with van der Waals surface area (Å²) in [5.74, 6) is 0.197. The Kier molecular flexibility index (Phi) is 11.8. The zero-order valence-corrected chi connectivity index (χ0v) is 21.4. The summed E-state index contributed by atoms with van der Waals surface area (Å²) >= 11 is 0. The molecular weight excluding hydrogens is 426 g/mol. The number of nitrogens with zero attached hydrogens (tertiary/aromatic N) is 2. The van der Waals surface area contributed by atoms with E-state index in [9.17, 15) is 0 Å². The van der Waals surface area contributed by atoms with Crippen LogP contribution in [0.5, 0.6) is 0 Å². The maximum absolute atomic E-state index is 8.31. The average molecular weight is 464 g/mol. The molecule has 2 aliphatic rings. The summed E-state index contributed by atoms with van der Waals surface area (Å²) in [5, 5.41) is 8.31. The van der Waals surface area contributed by atoms with E-state index in [2.05, 4.69) is 67.2 Å². The van der Waals surface area contributed by atoms with Crippen LogP contribution in [0, 0.1) is 11.3 Å². The summed E-state index contributed by atoms with van der Waals surface area (Å²) in [7, 11) is 0. The molecule has 1 aromatic rings. The molecule has 0 heterocycles. The minimum absolute atomic E-state index is 0.197. The molecule has 0 bridgehead atoms. The van der Waals surface area contributed by atoms with Gasteiger partial charge in [-0.1, -0.05) is 105 Å². The predicted molar refractivity (Wildman–Crippen MR) is 155 cm³/mol. The third kappa shape index (κ3) is 8.15. The Bertz CT molecular complexity index is 1150. The normalized spacial score (nSPS) is 19.6. The van der Waals surface area contributed by atoms with Gasteiger partial charge in [-0.15, -0.1) is 0 Å². The Balaban J connectivity index is 0.00000210. The third-order valence-electron chi connectivity index (χ3n) is 5.62. The predicted octanol–water partition coefficient (Wildman–Crippen LogP) is 8.18. The van der Waals surface area contributed by atoms with Gasteiger partial charge in [0.2, 0.25) is 0 Å². The molecule has 35 heavy (non-hydrogen) atoms. The van der Waals surface area contributed by atoms with E-state index in [-0.39, 0.29) is 5.92 Å². The standard InChI is InChI=1S/C30H31N3.C2H6/c1-4-5-14-26(23(2)27-19-12-13-20-28(27)31)22-33-30(25-17-10-7-11-18-25)21-29(32-3)24-15-8-6-9-16-24;1-2/h4-15,17-21,24,31H,3,16,22H2,1-2H3;1-2H3/b5-4-,26-14-,27-23+,29-21-,31-28?,33-30?;. The minimum Gasteiger partial charge on any atom is -0.300 e. The Hall–Kier alpha value is -3.85. The molecule has 0 saturated carbocycles. The van der Waals surface area contributed by atoms with Gasteiger partial charge in [0.05, 0.1) is 18.0 Å². The summed E-state index contributed by atoms with van der Waals surface area (Å²) in [4.78, 5) is 9.37.